The van der Waals surface area contributed by atoms with Crippen LogP contribution in [0.5, 0.6) is 0 Å². The van der Waals surface area contributed by atoms with E-state index in [2.05, 4.69) is 21.2 Å². The van der Waals surface area contributed by atoms with Crippen molar-refractivity contribution in [2.75, 3.05) is 13.1 Å². The van der Waals surface area contributed by atoms with Crippen molar-refractivity contribution >= 4 is 33.5 Å². The Morgan fingerprint density at radius 3 is 2.67 bits per heavy atom. The lowest BCUT2D eigenvalue weighted by molar-refractivity contribution is -0.150. The molecule has 0 unspecified atom stereocenters. The van der Waals surface area contributed by atoms with Crippen molar-refractivity contribution in [2.24, 2.45) is 5.41 Å². The summed E-state index contributed by atoms with van der Waals surface area (Å²) < 4.78 is 0.908. The number of aliphatic carboxylic acids is 1. The molecule has 0 saturated carbocycles. The van der Waals surface area contributed by atoms with Gasteiger partial charge < -0.3 is 10.4 Å². The Morgan fingerprint density at radius 1 is 1.44 bits per heavy atom. The number of piperidine rings is 1. The van der Waals surface area contributed by atoms with Crippen LogP contribution in [0, 0.1) is 5.41 Å². The van der Waals surface area contributed by atoms with Gasteiger partial charge in [-0.15, -0.1) is 0 Å². The number of carboxylic acid groups (broad SMARTS) is 1. The maximum Gasteiger partial charge on any atom is 0.310 e. The van der Waals surface area contributed by atoms with Gasteiger partial charge in [0.2, 0.25) is 0 Å². The Morgan fingerprint density at radius 2 is 2.11 bits per heavy atom. The van der Waals surface area contributed by atoms with Crippen molar-refractivity contribution < 1.29 is 9.90 Å². The van der Waals surface area contributed by atoms with E-state index in [0.717, 1.165) is 23.1 Å². The molecule has 2 N–H and O–H groups in total. The number of nitrogens with one attached hydrogen (secondary N) is 1. The molecule has 3 nitrogen and oxygen atoms in total. The first-order valence-electron chi connectivity index (χ1n) is 5.92. The molecular formula is C13H15BrClNO2. The summed E-state index contributed by atoms with van der Waals surface area (Å²) in [6.07, 6.45) is 1.79. The molecule has 0 radical (unpaired) electrons. The highest BCUT2D eigenvalue weighted by Crippen LogP contribution is 2.36. The maximum absolute atomic E-state index is 11.6. The molecule has 0 spiro atoms. The second kappa shape index (κ2) is 5.59. The molecule has 0 atom stereocenters. The summed E-state index contributed by atoms with van der Waals surface area (Å²) >= 11 is 9.53. The smallest absolute Gasteiger partial charge is 0.310 e. The zero-order valence-corrected chi connectivity index (χ0v) is 12.2. The van der Waals surface area contributed by atoms with E-state index in [9.17, 15) is 9.90 Å². The molecule has 2 rings (SSSR count). The van der Waals surface area contributed by atoms with E-state index in [1.165, 1.54) is 0 Å². The zero-order valence-electron chi connectivity index (χ0n) is 9.88. The molecule has 1 aliphatic heterocycles. The molecular weight excluding hydrogens is 318 g/mol. The molecule has 1 aromatic carbocycles. The van der Waals surface area contributed by atoms with Crippen LogP contribution in [0.2, 0.25) is 5.02 Å². The number of carboxylic acids is 1. The number of halogens is 2. The molecule has 1 aromatic rings. The van der Waals surface area contributed by atoms with Gasteiger partial charge in [-0.25, -0.2) is 0 Å². The summed E-state index contributed by atoms with van der Waals surface area (Å²) in [5, 5.41) is 13.3. The molecule has 0 aliphatic carbocycles. The zero-order chi connectivity index (χ0) is 13.2. The summed E-state index contributed by atoms with van der Waals surface area (Å²) in [7, 11) is 0. The summed E-state index contributed by atoms with van der Waals surface area (Å²) in [5.41, 5.74) is 0.229. The summed E-state index contributed by atoms with van der Waals surface area (Å²) in [5.74, 6) is -0.719. The molecule has 18 heavy (non-hydrogen) atoms. The van der Waals surface area contributed by atoms with Crippen molar-refractivity contribution in [3.63, 3.8) is 0 Å². The first kappa shape index (κ1) is 13.8. The predicted octanol–water partition coefficient (Wildman–Crippen LogP) is 3.10. The minimum Gasteiger partial charge on any atom is -0.481 e. The fraction of sp³-hybridized carbons (Fsp3) is 0.462. The first-order valence-corrected chi connectivity index (χ1v) is 7.09. The first-order chi connectivity index (χ1) is 8.53. The van der Waals surface area contributed by atoms with Gasteiger partial charge in [0.25, 0.3) is 0 Å². The van der Waals surface area contributed by atoms with Crippen molar-refractivity contribution in [3.8, 4) is 0 Å². The third-order valence-electron chi connectivity index (χ3n) is 3.56. The van der Waals surface area contributed by atoms with Gasteiger partial charge in [0.05, 0.1) is 5.41 Å². The van der Waals surface area contributed by atoms with Gasteiger partial charge in [0.15, 0.2) is 0 Å². The second-order valence-corrected chi connectivity index (χ2v) is 6.07. The fourth-order valence-corrected chi connectivity index (χ4v) is 3.14. The van der Waals surface area contributed by atoms with E-state index in [1.807, 2.05) is 18.2 Å². The van der Waals surface area contributed by atoms with Crippen molar-refractivity contribution in [3.05, 3.63) is 33.3 Å². The van der Waals surface area contributed by atoms with E-state index >= 15 is 0 Å². The largest absolute Gasteiger partial charge is 0.481 e. The van der Waals surface area contributed by atoms with E-state index < -0.39 is 11.4 Å². The molecule has 1 aliphatic rings. The van der Waals surface area contributed by atoms with E-state index in [4.69, 9.17) is 11.6 Å². The molecule has 1 heterocycles. The Labute approximate surface area is 120 Å². The third kappa shape index (κ3) is 2.87. The van der Waals surface area contributed by atoms with Crippen molar-refractivity contribution in [1.29, 1.82) is 0 Å². The Bertz CT molecular complexity index is 458. The summed E-state index contributed by atoms with van der Waals surface area (Å²) in [6, 6.07) is 5.62. The van der Waals surface area contributed by atoms with Crippen molar-refractivity contribution in [1.82, 2.24) is 5.32 Å². The van der Waals surface area contributed by atoms with Crippen LogP contribution in [0.25, 0.3) is 0 Å². The van der Waals surface area contributed by atoms with Gasteiger partial charge in [-0.05, 0) is 50.0 Å². The minimum absolute atomic E-state index is 0.496. The highest BCUT2D eigenvalue weighted by Gasteiger charge is 2.40. The molecule has 5 heteroatoms. The van der Waals surface area contributed by atoms with Crippen LogP contribution in [0.3, 0.4) is 0 Å². The maximum atomic E-state index is 11.6. The minimum atomic E-state index is -0.719. The van der Waals surface area contributed by atoms with Crippen LogP contribution in [-0.4, -0.2) is 24.2 Å². The molecule has 0 amide bonds. The fourth-order valence-electron chi connectivity index (χ4n) is 2.40. The molecule has 0 aromatic heterocycles. The standard InChI is InChI=1S/C13H15BrClNO2/c14-10-2-1-9(11(15)7-10)8-13(12(17)18)3-5-16-6-4-13/h1-2,7,16H,3-6,8H2,(H,17,18). The van der Waals surface area contributed by atoms with Crippen LogP contribution in [-0.2, 0) is 11.2 Å². The predicted molar refractivity (Wildman–Crippen MR) is 75.0 cm³/mol. The van der Waals surface area contributed by atoms with Gasteiger partial charge in [-0.2, -0.15) is 0 Å². The lowest BCUT2D eigenvalue weighted by atomic mass is 9.74. The lowest BCUT2D eigenvalue weighted by Crippen LogP contribution is -2.43. The van der Waals surface area contributed by atoms with Gasteiger partial charge >= 0.3 is 5.97 Å². The van der Waals surface area contributed by atoms with E-state index in [1.54, 1.807) is 0 Å². The topological polar surface area (TPSA) is 49.3 Å². The summed E-state index contributed by atoms with van der Waals surface area (Å²) in [4.78, 5) is 11.6. The quantitative estimate of drug-likeness (QED) is 0.894. The average molecular weight is 333 g/mol. The molecule has 98 valence electrons. The highest BCUT2D eigenvalue weighted by molar-refractivity contribution is 9.10. The van der Waals surface area contributed by atoms with Crippen molar-refractivity contribution in [2.45, 2.75) is 19.3 Å². The van der Waals surface area contributed by atoms with Crippen LogP contribution >= 0.6 is 27.5 Å². The normalized spacial score (nSPS) is 18.6. The Kier molecular flexibility index (Phi) is 4.30. The number of hydrogen-bond donors (Lipinski definition) is 2. The molecule has 1 saturated heterocycles. The second-order valence-electron chi connectivity index (χ2n) is 4.75. The van der Waals surface area contributed by atoms with Crippen LogP contribution in [0.4, 0.5) is 0 Å². The molecule has 1 fully saturated rings. The SMILES string of the molecule is O=C(O)C1(Cc2ccc(Br)cc2Cl)CCNCC1. The number of benzene rings is 1. The monoisotopic (exact) mass is 331 g/mol. The van der Waals surface area contributed by atoms with Crippen LogP contribution in [0.1, 0.15) is 18.4 Å². The van der Waals surface area contributed by atoms with Gasteiger partial charge in [0, 0.05) is 9.50 Å². The van der Waals surface area contributed by atoms with Gasteiger partial charge in [-0.1, -0.05) is 33.6 Å². The number of carbonyl (C=O) groups is 1. The van der Waals surface area contributed by atoms with Crippen LogP contribution in [0.15, 0.2) is 22.7 Å². The van der Waals surface area contributed by atoms with E-state index in [0.29, 0.717) is 24.3 Å². The summed E-state index contributed by atoms with van der Waals surface area (Å²) in [6.45, 7) is 1.50. The Balaban J connectivity index is 2.26. The van der Waals surface area contributed by atoms with Gasteiger partial charge in [0.1, 0.15) is 0 Å². The highest BCUT2D eigenvalue weighted by atomic mass is 79.9. The number of hydrogen-bond acceptors (Lipinski definition) is 2. The number of rotatable bonds is 3. The van der Waals surface area contributed by atoms with Gasteiger partial charge in [-0.3, -0.25) is 4.79 Å². The lowest BCUT2D eigenvalue weighted by Gasteiger charge is -2.34. The van der Waals surface area contributed by atoms with E-state index in [-0.39, 0.29) is 0 Å². The molecule has 0 bridgehead atoms. The van der Waals surface area contributed by atoms with Crippen LogP contribution < -0.4 is 5.32 Å². The Hall–Kier alpha value is -0.580. The third-order valence-corrected chi connectivity index (χ3v) is 4.40. The average Bonchev–Trinajstić information content (AvgIpc) is 2.34.